The Kier molecular flexibility index (Phi) is 5.33. The van der Waals surface area contributed by atoms with Crippen molar-refractivity contribution in [2.45, 2.75) is 25.3 Å². The molecule has 2 aromatic rings. The maximum Gasteiger partial charge on any atom is 0.271 e. The number of amides is 2. The van der Waals surface area contributed by atoms with Crippen molar-refractivity contribution >= 4 is 11.8 Å². The first kappa shape index (κ1) is 17.0. The summed E-state index contributed by atoms with van der Waals surface area (Å²) >= 11 is 0. The van der Waals surface area contributed by atoms with Gasteiger partial charge in [-0.2, -0.15) is 0 Å². The number of piperidine rings is 1. The summed E-state index contributed by atoms with van der Waals surface area (Å²) in [5.74, 6) is -0.713. The molecule has 1 aliphatic heterocycles. The lowest BCUT2D eigenvalue weighted by atomic mass is 10.0. The Bertz CT molecular complexity index is 746. The van der Waals surface area contributed by atoms with Crippen molar-refractivity contribution in [1.29, 1.82) is 0 Å². The fourth-order valence-corrected chi connectivity index (χ4v) is 2.87. The molecule has 1 N–H and O–H groups in total. The standard InChI is InChI=1S/C18H19FN4O2/c19-15-4-2-1-3-13(15)11-17(24)23-9-5-14(6-10-23)22-18(25)16-12-20-7-8-21-16/h1-4,7-8,12,14H,5-6,9-11H2,(H,22,25). The first-order valence-corrected chi connectivity index (χ1v) is 8.21. The lowest BCUT2D eigenvalue weighted by Gasteiger charge is -2.32. The van der Waals surface area contributed by atoms with Crippen molar-refractivity contribution in [1.82, 2.24) is 20.2 Å². The van der Waals surface area contributed by atoms with E-state index in [9.17, 15) is 14.0 Å². The molecule has 130 valence electrons. The van der Waals surface area contributed by atoms with E-state index in [-0.39, 0.29) is 35.8 Å². The van der Waals surface area contributed by atoms with E-state index >= 15 is 0 Å². The molecule has 0 unspecified atom stereocenters. The zero-order valence-electron chi connectivity index (χ0n) is 13.7. The van der Waals surface area contributed by atoms with Crippen LogP contribution in [0.15, 0.2) is 42.9 Å². The van der Waals surface area contributed by atoms with Crippen LogP contribution in [0.2, 0.25) is 0 Å². The normalized spacial score (nSPS) is 15.0. The van der Waals surface area contributed by atoms with Crippen LogP contribution >= 0.6 is 0 Å². The van der Waals surface area contributed by atoms with Crippen LogP contribution in [0.3, 0.4) is 0 Å². The molecule has 1 aromatic heterocycles. The van der Waals surface area contributed by atoms with E-state index in [1.807, 2.05) is 0 Å². The van der Waals surface area contributed by atoms with Crippen LogP contribution in [0.5, 0.6) is 0 Å². The number of carbonyl (C=O) groups is 2. The maximum absolute atomic E-state index is 13.7. The number of carbonyl (C=O) groups excluding carboxylic acids is 2. The van der Waals surface area contributed by atoms with Crippen LogP contribution < -0.4 is 5.32 Å². The molecule has 1 aromatic carbocycles. The quantitative estimate of drug-likeness (QED) is 0.915. The van der Waals surface area contributed by atoms with Gasteiger partial charge in [-0.25, -0.2) is 9.37 Å². The van der Waals surface area contributed by atoms with Crippen molar-refractivity contribution in [3.05, 3.63) is 59.9 Å². The maximum atomic E-state index is 13.7. The second kappa shape index (κ2) is 7.83. The van der Waals surface area contributed by atoms with Gasteiger partial charge in [0.05, 0.1) is 12.6 Å². The topological polar surface area (TPSA) is 75.2 Å². The van der Waals surface area contributed by atoms with Crippen LogP contribution in [0.4, 0.5) is 4.39 Å². The first-order chi connectivity index (χ1) is 12.1. The van der Waals surface area contributed by atoms with Crippen molar-refractivity contribution < 1.29 is 14.0 Å². The zero-order chi connectivity index (χ0) is 17.6. The highest BCUT2D eigenvalue weighted by Crippen LogP contribution is 2.14. The van der Waals surface area contributed by atoms with E-state index in [4.69, 9.17) is 0 Å². The number of hydrogen-bond donors (Lipinski definition) is 1. The Labute approximate surface area is 145 Å². The minimum absolute atomic E-state index is 0.00739. The molecular formula is C18H19FN4O2. The highest BCUT2D eigenvalue weighted by Gasteiger charge is 2.24. The Balaban J connectivity index is 1.49. The minimum Gasteiger partial charge on any atom is -0.348 e. The van der Waals surface area contributed by atoms with Crippen molar-refractivity contribution in [2.24, 2.45) is 0 Å². The monoisotopic (exact) mass is 342 g/mol. The third-order valence-corrected chi connectivity index (χ3v) is 4.28. The molecule has 3 rings (SSSR count). The number of likely N-dealkylation sites (tertiary alicyclic amines) is 1. The minimum atomic E-state index is -0.359. The van der Waals surface area contributed by atoms with Crippen LogP contribution in [0.1, 0.15) is 28.9 Å². The van der Waals surface area contributed by atoms with Gasteiger partial charge < -0.3 is 10.2 Å². The summed E-state index contributed by atoms with van der Waals surface area (Å²) in [5, 5.41) is 2.91. The number of nitrogens with one attached hydrogen (secondary N) is 1. The summed E-state index contributed by atoms with van der Waals surface area (Å²) in [6.07, 6.45) is 5.78. The van der Waals surface area contributed by atoms with Gasteiger partial charge in [0.2, 0.25) is 5.91 Å². The smallest absolute Gasteiger partial charge is 0.271 e. The van der Waals surface area contributed by atoms with Crippen molar-refractivity contribution in [3.8, 4) is 0 Å². The SMILES string of the molecule is O=C(NC1CCN(C(=O)Cc2ccccc2F)CC1)c1cnccn1. The number of rotatable bonds is 4. The molecule has 1 saturated heterocycles. The summed E-state index contributed by atoms with van der Waals surface area (Å²) in [6.45, 7) is 1.08. The van der Waals surface area contributed by atoms with Gasteiger partial charge in [-0.05, 0) is 24.5 Å². The summed E-state index contributed by atoms with van der Waals surface area (Å²) < 4.78 is 13.7. The van der Waals surface area contributed by atoms with Crippen LogP contribution in [-0.4, -0.2) is 45.8 Å². The third kappa shape index (κ3) is 4.37. The Morgan fingerprint density at radius 3 is 2.64 bits per heavy atom. The van der Waals surface area contributed by atoms with Crippen LogP contribution in [0.25, 0.3) is 0 Å². The lowest BCUT2D eigenvalue weighted by molar-refractivity contribution is -0.131. The zero-order valence-corrected chi connectivity index (χ0v) is 13.7. The second-order valence-corrected chi connectivity index (χ2v) is 5.99. The van der Waals surface area contributed by atoms with E-state index in [2.05, 4.69) is 15.3 Å². The molecule has 0 radical (unpaired) electrons. The van der Waals surface area contributed by atoms with Gasteiger partial charge >= 0.3 is 0 Å². The predicted molar refractivity (Wildman–Crippen MR) is 89.2 cm³/mol. The molecule has 0 saturated carbocycles. The number of aromatic nitrogens is 2. The highest BCUT2D eigenvalue weighted by atomic mass is 19.1. The van der Waals surface area contributed by atoms with Crippen LogP contribution in [-0.2, 0) is 11.2 Å². The first-order valence-electron chi connectivity index (χ1n) is 8.21. The molecule has 0 bridgehead atoms. The Morgan fingerprint density at radius 2 is 1.96 bits per heavy atom. The Hall–Kier alpha value is -2.83. The van der Waals surface area contributed by atoms with Gasteiger partial charge in [0.1, 0.15) is 11.5 Å². The van der Waals surface area contributed by atoms with Gasteiger partial charge in [0.15, 0.2) is 0 Å². The molecule has 2 amide bonds. The largest absolute Gasteiger partial charge is 0.348 e. The molecule has 7 heteroatoms. The van der Waals surface area contributed by atoms with E-state index in [1.54, 1.807) is 23.1 Å². The van der Waals surface area contributed by atoms with Gasteiger partial charge in [0.25, 0.3) is 5.91 Å². The van der Waals surface area contributed by atoms with E-state index in [0.29, 0.717) is 31.5 Å². The average molecular weight is 342 g/mol. The molecule has 25 heavy (non-hydrogen) atoms. The van der Waals surface area contributed by atoms with Gasteiger partial charge in [0, 0.05) is 31.5 Å². The van der Waals surface area contributed by atoms with Gasteiger partial charge in [-0.15, -0.1) is 0 Å². The van der Waals surface area contributed by atoms with E-state index in [1.165, 1.54) is 24.7 Å². The lowest BCUT2D eigenvalue weighted by Crippen LogP contribution is -2.47. The number of hydrogen-bond acceptors (Lipinski definition) is 4. The van der Waals surface area contributed by atoms with Crippen LogP contribution in [0, 0.1) is 5.82 Å². The number of halogens is 1. The number of benzene rings is 1. The summed E-state index contributed by atoms with van der Waals surface area (Å²) in [6, 6.07) is 6.30. The summed E-state index contributed by atoms with van der Waals surface area (Å²) in [7, 11) is 0. The van der Waals surface area contributed by atoms with Gasteiger partial charge in [-0.1, -0.05) is 18.2 Å². The molecule has 0 atom stereocenters. The summed E-state index contributed by atoms with van der Waals surface area (Å²) in [5.41, 5.74) is 0.686. The van der Waals surface area contributed by atoms with E-state index in [0.717, 1.165) is 0 Å². The molecule has 6 nitrogen and oxygen atoms in total. The molecule has 0 aliphatic carbocycles. The predicted octanol–water partition coefficient (Wildman–Crippen LogP) is 1.58. The second-order valence-electron chi connectivity index (χ2n) is 5.99. The van der Waals surface area contributed by atoms with Crippen molar-refractivity contribution in [3.63, 3.8) is 0 Å². The molecule has 2 heterocycles. The van der Waals surface area contributed by atoms with E-state index < -0.39 is 0 Å². The molecule has 0 spiro atoms. The fourth-order valence-electron chi connectivity index (χ4n) is 2.87. The third-order valence-electron chi connectivity index (χ3n) is 4.28. The van der Waals surface area contributed by atoms with Crippen molar-refractivity contribution in [2.75, 3.05) is 13.1 Å². The van der Waals surface area contributed by atoms with Gasteiger partial charge in [-0.3, -0.25) is 14.6 Å². The fraction of sp³-hybridized carbons (Fsp3) is 0.333. The highest BCUT2D eigenvalue weighted by molar-refractivity contribution is 5.92. The number of nitrogens with zero attached hydrogens (tertiary/aromatic N) is 3. The Morgan fingerprint density at radius 1 is 1.20 bits per heavy atom. The summed E-state index contributed by atoms with van der Waals surface area (Å²) in [4.78, 5) is 34.0. The molecular weight excluding hydrogens is 323 g/mol. The molecule has 1 aliphatic rings. The molecule has 1 fully saturated rings. The average Bonchev–Trinajstić information content (AvgIpc) is 2.65.